The Balaban J connectivity index is 2.16. The summed E-state index contributed by atoms with van der Waals surface area (Å²) in [5.41, 5.74) is 0.547. The summed E-state index contributed by atoms with van der Waals surface area (Å²) >= 11 is 0. The van der Waals surface area contributed by atoms with Crippen molar-refractivity contribution in [2.45, 2.75) is 6.92 Å². The molecule has 1 aromatic heterocycles. The molecule has 6 heteroatoms. The first kappa shape index (κ1) is 16.4. The third-order valence-corrected chi connectivity index (χ3v) is 3.05. The lowest BCUT2D eigenvalue weighted by atomic mass is 10.1. The molecule has 0 aliphatic rings. The van der Waals surface area contributed by atoms with Crippen molar-refractivity contribution in [2.24, 2.45) is 0 Å². The lowest BCUT2D eigenvalue weighted by molar-refractivity contribution is -0.111. The Kier molecular flexibility index (Phi) is 5.19. The highest BCUT2D eigenvalue weighted by Gasteiger charge is 2.14. The van der Waals surface area contributed by atoms with Gasteiger partial charge in [0.25, 0.3) is 0 Å². The van der Waals surface area contributed by atoms with Crippen LogP contribution in [0.3, 0.4) is 0 Å². The van der Waals surface area contributed by atoms with E-state index in [0.29, 0.717) is 17.2 Å². The minimum atomic E-state index is -0.565. The molecule has 0 radical (unpaired) electrons. The highest BCUT2D eigenvalue weighted by atomic mass is 16.5. The molecule has 0 aliphatic heterocycles. The summed E-state index contributed by atoms with van der Waals surface area (Å²) in [6.45, 7) is 1.82. The molecule has 1 amide bonds. The predicted molar refractivity (Wildman–Crippen MR) is 85.4 cm³/mol. The maximum atomic E-state index is 12.0. The largest absolute Gasteiger partial charge is 0.497 e. The second kappa shape index (κ2) is 7.31. The number of carbonyl (C=O) groups excluding carboxylic acids is 2. The van der Waals surface area contributed by atoms with Crippen molar-refractivity contribution in [2.75, 3.05) is 19.5 Å². The summed E-state index contributed by atoms with van der Waals surface area (Å²) in [6.07, 6.45) is 2.87. The molecule has 0 aliphatic carbocycles. The number of aryl methyl sites for hydroxylation is 1. The fourth-order valence-corrected chi connectivity index (χ4v) is 1.91. The average molecular weight is 315 g/mol. The topological polar surface area (TPSA) is 77.8 Å². The average Bonchev–Trinajstić information content (AvgIpc) is 2.98. The smallest absolute Gasteiger partial charge is 0.340 e. The fraction of sp³-hybridized carbons (Fsp3) is 0.176. The van der Waals surface area contributed by atoms with Gasteiger partial charge in [0, 0.05) is 6.08 Å². The number of amides is 1. The van der Waals surface area contributed by atoms with E-state index in [0.717, 1.165) is 5.76 Å². The molecular formula is C17H17NO5. The van der Waals surface area contributed by atoms with Gasteiger partial charge < -0.3 is 19.2 Å². The number of methoxy groups -OCH3 is 2. The molecule has 23 heavy (non-hydrogen) atoms. The molecule has 0 atom stereocenters. The van der Waals surface area contributed by atoms with Crippen molar-refractivity contribution < 1.29 is 23.5 Å². The Morgan fingerprint density at radius 3 is 2.57 bits per heavy atom. The lowest BCUT2D eigenvalue weighted by Gasteiger charge is -2.10. The molecule has 2 rings (SSSR count). The van der Waals surface area contributed by atoms with Gasteiger partial charge >= 0.3 is 5.97 Å². The van der Waals surface area contributed by atoms with Crippen LogP contribution in [0.25, 0.3) is 6.08 Å². The van der Waals surface area contributed by atoms with Crippen LogP contribution in [0.4, 0.5) is 5.69 Å². The molecule has 1 heterocycles. The van der Waals surface area contributed by atoms with Gasteiger partial charge in [-0.05, 0) is 43.3 Å². The number of hydrogen-bond acceptors (Lipinski definition) is 5. The highest BCUT2D eigenvalue weighted by molar-refractivity contribution is 6.06. The van der Waals surface area contributed by atoms with E-state index in [-0.39, 0.29) is 5.56 Å². The van der Waals surface area contributed by atoms with Crippen molar-refractivity contribution in [3.63, 3.8) is 0 Å². The number of nitrogens with one attached hydrogen (secondary N) is 1. The van der Waals surface area contributed by atoms with Crippen LogP contribution in [0.2, 0.25) is 0 Å². The Hall–Kier alpha value is -3.02. The number of hydrogen-bond donors (Lipinski definition) is 1. The van der Waals surface area contributed by atoms with Gasteiger partial charge in [0.15, 0.2) is 0 Å². The van der Waals surface area contributed by atoms with E-state index in [4.69, 9.17) is 13.9 Å². The van der Waals surface area contributed by atoms with Gasteiger partial charge in [-0.2, -0.15) is 0 Å². The van der Waals surface area contributed by atoms with E-state index in [1.54, 1.807) is 30.3 Å². The normalized spacial score (nSPS) is 10.6. The summed E-state index contributed by atoms with van der Waals surface area (Å²) in [4.78, 5) is 23.8. The molecule has 0 bridgehead atoms. The number of furan rings is 1. The van der Waals surface area contributed by atoms with E-state index in [2.05, 4.69) is 5.32 Å². The number of rotatable bonds is 5. The lowest BCUT2D eigenvalue weighted by Crippen LogP contribution is -2.13. The highest BCUT2D eigenvalue weighted by Crippen LogP contribution is 2.23. The van der Waals surface area contributed by atoms with Crippen molar-refractivity contribution in [3.05, 3.63) is 53.5 Å². The van der Waals surface area contributed by atoms with E-state index in [1.165, 1.54) is 26.4 Å². The van der Waals surface area contributed by atoms with E-state index >= 15 is 0 Å². The molecule has 120 valence electrons. The molecule has 0 saturated heterocycles. The number of anilines is 1. The van der Waals surface area contributed by atoms with Gasteiger partial charge in [0.05, 0.1) is 25.5 Å². The van der Waals surface area contributed by atoms with Gasteiger partial charge in [-0.15, -0.1) is 0 Å². The monoisotopic (exact) mass is 315 g/mol. The zero-order valence-corrected chi connectivity index (χ0v) is 13.1. The Morgan fingerprint density at radius 2 is 1.96 bits per heavy atom. The molecule has 0 saturated carbocycles. The van der Waals surface area contributed by atoms with Crippen LogP contribution in [-0.2, 0) is 9.53 Å². The third kappa shape index (κ3) is 4.23. The van der Waals surface area contributed by atoms with Crippen LogP contribution in [0.5, 0.6) is 5.75 Å². The van der Waals surface area contributed by atoms with Crippen molar-refractivity contribution in [3.8, 4) is 5.75 Å². The van der Waals surface area contributed by atoms with Crippen LogP contribution in [0.15, 0.2) is 40.8 Å². The molecule has 2 aromatic rings. The van der Waals surface area contributed by atoms with Crippen LogP contribution >= 0.6 is 0 Å². The maximum Gasteiger partial charge on any atom is 0.340 e. The fourth-order valence-electron chi connectivity index (χ4n) is 1.91. The molecule has 0 fully saturated rings. The summed E-state index contributed by atoms with van der Waals surface area (Å²) in [7, 11) is 2.76. The number of esters is 1. The van der Waals surface area contributed by atoms with Gasteiger partial charge in [-0.3, -0.25) is 4.79 Å². The summed E-state index contributed by atoms with van der Waals surface area (Å²) in [5, 5.41) is 2.63. The zero-order valence-electron chi connectivity index (χ0n) is 13.1. The molecule has 1 N–H and O–H groups in total. The minimum Gasteiger partial charge on any atom is -0.497 e. The molecule has 0 unspecified atom stereocenters. The van der Waals surface area contributed by atoms with Crippen molar-refractivity contribution >= 4 is 23.6 Å². The third-order valence-electron chi connectivity index (χ3n) is 3.05. The Labute approximate surface area is 133 Å². The molecular weight excluding hydrogens is 298 g/mol. The van der Waals surface area contributed by atoms with Gasteiger partial charge in [0.1, 0.15) is 17.3 Å². The van der Waals surface area contributed by atoms with Crippen LogP contribution in [0, 0.1) is 6.92 Å². The van der Waals surface area contributed by atoms with Crippen LogP contribution < -0.4 is 10.1 Å². The first-order valence-corrected chi connectivity index (χ1v) is 6.85. The van der Waals surface area contributed by atoms with Gasteiger partial charge in [-0.25, -0.2) is 4.79 Å². The first-order chi connectivity index (χ1) is 11.0. The first-order valence-electron chi connectivity index (χ1n) is 6.85. The Morgan fingerprint density at radius 1 is 1.17 bits per heavy atom. The van der Waals surface area contributed by atoms with E-state index in [1.807, 2.05) is 6.92 Å². The van der Waals surface area contributed by atoms with Crippen LogP contribution in [0.1, 0.15) is 21.9 Å². The predicted octanol–water partition coefficient (Wildman–Crippen LogP) is 3.04. The zero-order chi connectivity index (χ0) is 16.8. The Bertz CT molecular complexity index is 745. The van der Waals surface area contributed by atoms with E-state index < -0.39 is 11.9 Å². The van der Waals surface area contributed by atoms with Gasteiger partial charge in [0.2, 0.25) is 5.91 Å². The standard InChI is InChI=1S/C17H17NO5/c1-11-4-5-12(23-11)7-9-16(19)18-15-8-6-13(21-2)10-14(15)17(20)22-3/h4-10H,1-3H3,(H,18,19). The number of carbonyl (C=O) groups is 2. The second-order valence-corrected chi connectivity index (χ2v) is 4.67. The molecule has 6 nitrogen and oxygen atoms in total. The molecule has 0 spiro atoms. The maximum absolute atomic E-state index is 12.0. The van der Waals surface area contributed by atoms with Crippen molar-refractivity contribution in [1.29, 1.82) is 0 Å². The quantitative estimate of drug-likeness (QED) is 0.678. The minimum absolute atomic E-state index is 0.211. The number of ether oxygens (including phenoxy) is 2. The molecule has 1 aromatic carbocycles. The van der Waals surface area contributed by atoms with E-state index in [9.17, 15) is 9.59 Å². The number of benzene rings is 1. The summed E-state index contributed by atoms with van der Waals surface area (Å²) in [6, 6.07) is 8.28. The SMILES string of the molecule is COC(=O)c1cc(OC)ccc1NC(=O)C=Cc1ccc(C)o1. The summed E-state index contributed by atoms with van der Waals surface area (Å²) in [5.74, 6) is 0.859. The van der Waals surface area contributed by atoms with Gasteiger partial charge in [-0.1, -0.05) is 0 Å². The van der Waals surface area contributed by atoms with Crippen molar-refractivity contribution in [1.82, 2.24) is 0 Å². The van der Waals surface area contributed by atoms with Crippen LogP contribution in [-0.4, -0.2) is 26.1 Å². The summed E-state index contributed by atoms with van der Waals surface area (Å²) < 4.78 is 15.1. The second-order valence-electron chi connectivity index (χ2n) is 4.67.